The molecule has 63 valence electrons. The van der Waals surface area contributed by atoms with Gasteiger partial charge in [-0.3, -0.25) is 8.92 Å². The molecule has 0 unspecified atom stereocenters. The maximum Gasteiger partial charge on any atom is 0.761 e. The first-order valence-corrected chi connectivity index (χ1v) is 3.91. The van der Waals surface area contributed by atoms with Crippen molar-refractivity contribution in [1.82, 2.24) is 0 Å². The van der Waals surface area contributed by atoms with Crippen molar-refractivity contribution in [2.75, 3.05) is 0 Å². The minimum atomic E-state index is -3.13. The van der Waals surface area contributed by atoms with E-state index < -0.39 is 18.3 Å². The molecule has 6 nitrogen and oxygen atoms in total. The molecule has 0 atom stereocenters. The van der Waals surface area contributed by atoms with Crippen molar-refractivity contribution in [3.8, 4) is 0 Å². The van der Waals surface area contributed by atoms with Crippen molar-refractivity contribution in [1.29, 1.82) is 0 Å². The third-order valence-electron chi connectivity index (χ3n) is 0. The molecule has 0 heterocycles. The Morgan fingerprint density at radius 2 is 0.778 bits per heavy atom. The van der Waals surface area contributed by atoms with E-state index in [1.54, 1.807) is 0 Å². The van der Waals surface area contributed by atoms with Crippen LogP contribution >= 0.6 is 0 Å². The van der Waals surface area contributed by atoms with E-state index in [9.17, 15) is 0 Å². The second-order valence-corrected chi connectivity index (χ2v) is 1.70. The molecule has 9 heteroatoms. The predicted octanol–water partition coefficient (Wildman–Crippen LogP) is -3.23. The fourth-order valence-corrected chi connectivity index (χ4v) is 0. The van der Waals surface area contributed by atoms with E-state index in [1.807, 2.05) is 0 Å². The van der Waals surface area contributed by atoms with Crippen molar-refractivity contribution in [3.63, 3.8) is 0 Å². The molecule has 9 heavy (non-hydrogen) atoms. The van der Waals surface area contributed by atoms with Crippen molar-refractivity contribution >= 4 is 18.3 Å². The van der Waals surface area contributed by atoms with Gasteiger partial charge in [-0.1, -0.05) is 0 Å². The van der Waals surface area contributed by atoms with Crippen LogP contribution in [-0.2, 0) is 8.92 Å². The van der Waals surface area contributed by atoms with E-state index in [2.05, 4.69) is 0 Å². The van der Waals surface area contributed by atoms with Gasteiger partial charge in [0.15, 0.2) is 0 Å². The molecule has 0 saturated heterocycles. The molecule has 0 fully saturated rings. The number of hydrogen-bond donors (Lipinski definition) is 4. The monoisotopic (exact) mass is 331 g/mol. The van der Waals surface area contributed by atoms with E-state index in [-0.39, 0.29) is 36.9 Å². The standard InChI is InChI=1S/Lu.2H2O3Si/c;2*1-4(2)3/h;2*1-2H. The van der Waals surface area contributed by atoms with Gasteiger partial charge in [0.25, 0.3) is 0 Å². The molecule has 1 radical (unpaired) electrons. The summed E-state index contributed by atoms with van der Waals surface area (Å²) in [4.78, 5) is 28.6. The molecule has 0 aliphatic rings. The number of rotatable bonds is 0. The quantitative estimate of drug-likeness (QED) is 0.347. The molecule has 0 aliphatic carbocycles. The normalized spacial score (nSPS) is 5.33. The van der Waals surface area contributed by atoms with Crippen molar-refractivity contribution in [2.45, 2.75) is 0 Å². The molecule has 4 N–H and O–H groups in total. The first-order chi connectivity index (χ1) is 3.46. The summed E-state index contributed by atoms with van der Waals surface area (Å²) in [5.41, 5.74) is 0. The summed E-state index contributed by atoms with van der Waals surface area (Å²) in [6.45, 7) is 0. The Bertz CT molecular complexity index is 69.1. The Kier molecular flexibility index (Phi) is 20.4. The van der Waals surface area contributed by atoms with Crippen LogP contribution in [0.15, 0.2) is 0 Å². The van der Waals surface area contributed by atoms with Crippen LogP contribution in [-0.4, -0.2) is 37.5 Å². The van der Waals surface area contributed by atoms with E-state index in [0.29, 0.717) is 0 Å². The average Bonchev–Trinajstić information content (AvgIpc) is 1.25. The Hall–Kier alpha value is 0.468. The van der Waals surface area contributed by atoms with Gasteiger partial charge >= 0.3 is 18.3 Å². The molecular formula is H4LuO6Si2. The molecule has 0 saturated carbocycles. The average molecular weight is 331 g/mol. The molecule has 0 spiro atoms. The van der Waals surface area contributed by atoms with Gasteiger partial charge in [0.1, 0.15) is 0 Å². The fourth-order valence-electron chi connectivity index (χ4n) is 0. The molecule has 0 aliphatic heterocycles. The minimum absolute atomic E-state index is 0. The zero-order valence-electron chi connectivity index (χ0n) is 3.86. The summed E-state index contributed by atoms with van der Waals surface area (Å²) in [6.07, 6.45) is 0. The first-order valence-electron chi connectivity index (χ1n) is 1.30. The Labute approximate surface area is 82.8 Å². The maximum atomic E-state index is 8.74. The van der Waals surface area contributed by atoms with Crippen LogP contribution < -0.4 is 0 Å². The van der Waals surface area contributed by atoms with Crippen molar-refractivity contribution in [2.24, 2.45) is 0 Å². The first kappa shape index (κ1) is 16.2. The van der Waals surface area contributed by atoms with E-state index in [0.717, 1.165) is 0 Å². The molecule has 0 rings (SSSR count). The largest absolute Gasteiger partial charge is 0.761 e. The van der Waals surface area contributed by atoms with Crippen LogP contribution in [0.25, 0.3) is 0 Å². The van der Waals surface area contributed by atoms with Gasteiger partial charge < -0.3 is 19.2 Å². The van der Waals surface area contributed by atoms with Gasteiger partial charge in [0, 0.05) is 36.9 Å². The van der Waals surface area contributed by atoms with Gasteiger partial charge in [-0.25, -0.2) is 0 Å². The second kappa shape index (κ2) is 11.3. The van der Waals surface area contributed by atoms with Gasteiger partial charge in [-0.05, 0) is 0 Å². The molecule has 0 aromatic carbocycles. The van der Waals surface area contributed by atoms with Crippen molar-refractivity contribution in [3.05, 3.63) is 0 Å². The van der Waals surface area contributed by atoms with Crippen LogP contribution in [0.1, 0.15) is 0 Å². The summed E-state index contributed by atoms with van der Waals surface area (Å²) in [7, 11) is -6.26. The predicted molar refractivity (Wildman–Crippen MR) is 21.8 cm³/mol. The zero-order valence-corrected chi connectivity index (χ0v) is 7.52. The van der Waals surface area contributed by atoms with Gasteiger partial charge in [-0.2, -0.15) is 0 Å². The molecule has 0 amide bonds. The summed E-state index contributed by atoms with van der Waals surface area (Å²) >= 11 is 0. The van der Waals surface area contributed by atoms with Crippen LogP contribution in [0.5, 0.6) is 0 Å². The van der Waals surface area contributed by atoms with Crippen LogP contribution in [0, 0.1) is 36.9 Å². The topological polar surface area (TPSA) is 115 Å². The Morgan fingerprint density at radius 1 is 0.778 bits per heavy atom. The van der Waals surface area contributed by atoms with Gasteiger partial charge in [0.05, 0.1) is 0 Å². The smallest absolute Gasteiger partial charge is 0.511 e. The van der Waals surface area contributed by atoms with Crippen LogP contribution in [0.2, 0.25) is 0 Å². The minimum Gasteiger partial charge on any atom is -0.511 e. The second-order valence-electron chi connectivity index (χ2n) is 0.565. The number of hydrogen-bond acceptors (Lipinski definition) is 2. The summed E-state index contributed by atoms with van der Waals surface area (Å²) in [5, 5.41) is 0. The molecular weight excluding hydrogens is 327 g/mol. The fraction of sp³-hybridized carbons (Fsp3) is 0. The van der Waals surface area contributed by atoms with Crippen LogP contribution in [0.4, 0.5) is 0 Å². The van der Waals surface area contributed by atoms with Gasteiger partial charge in [0.2, 0.25) is 0 Å². The van der Waals surface area contributed by atoms with E-state index in [4.69, 9.17) is 28.1 Å². The zero-order chi connectivity index (χ0) is 7.15. The van der Waals surface area contributed by atoms with Gasteiger partial charge in [-0.15, -0.1) is 0 Å². The van der Waals surface area contributed by atoms with Crippen molar-refractivity contribution < 1.29 is 65.0 Å². The summed E-state index contributed by atoms with van der Waals surface area (Å²) in [6, 6.07) is 0. The van der Waals surface area contributed by atoms with E-state index in [1.165, 1.54) is 0 Å². The molecule has 0 aromatic heterocycles. The SMILES string of the molecule is O=[Si](O)O.O=[Si](O)O.[Lu]. The third kappa shape index (κ3) is 1620. The third-order valence-corrected chi connectivity index (χ3v) is 0. The van der Waals surface area contributed by atoms with Crippen LogP contribution in [0.3, 0.4) is 0 Å². The van der Waals surface area contributed by atoms with E-state index >= 15 is 0 Å². The molecule has 0 aromatic rings. The summed E-state index contributed by atoms with van der Waals surface area (Å²) < 4.78 is 17.5. The Balaban J connectivity index is -0.0000000720. The Morgan fingerprint density at radius 3 is 0.778 bits per heavy atom. The maximum absolute atomic E-state index is 8.74. The summed E-state index contributed by atoms with van der Waals surface area (Å²) in [5.74, 6) is 0. The molecule has 0 bridgehead atoms.